The summed E-state index contributed by atoms with van der Waals surface area (Å²) in [4.78, 5) is 12.2. The van der Waals surface area contributed by atoms with Crippen LogP contribution in [-0.2, 0) is 0 Å². The summed E-state index contributed by atoms with van der Waals surface area (Å²) in [5.41, 5.74) is 1.79. The molecular formula is C18H17N3O3. The Labute approximate surface area is 139 Å². The van der Waals surface area contributed by atoms with Gasteiger partial charge in [0.2, 0.25) is 5.82 Å². The van der Waals surface area contributed by atoms with Crippen molar-refractivity contribution in [2.45, 2.75) is 13.3 Å². The molecule has 0 saturated carbocycles. The zero-order valence-corrected chi connectivity index (χ0v) is 13.2. The highest BCUT2D eigenvalue weighted by Crippen LogP contribution is 2.26. The van der Waals surface area contributed by atoms with Crippen LogP contribution >= 0.6 is 0 Å². The lowest BCUT2D eigenvalue weighted by molar-refractivity contribution is 0.102. The van der Waals surface area contributed by atoms with Gasteiger partial charge in [0.25, 0.3) is 5.91 Å². The number of nitrogens with zero attached hydrogens (tertiary/aromatic N) is 2. The second-order valence-electron chi connectivity index (χ2n) is 5.15. The molecule has 6 nitrogen and oxygen atoms in total. The predicted octanol–water partition coefficient (Wildman–Crippen LogP) is 3.78. The molecule has 0 aliphatic rings. The average Bonchev–Trinajstić information content (AvgIpc) is 3.09. The Morgan fingerprint density at radius 2 is 1.83 bits per heavy atom. The van der Waals surface area contributed by atoms with E-state index in [1.54, 1.807) is 24.3 Å². The van der Waals surface area contributed by atoms with E-state index in [0.717, 1.165) is 17.7 Å². The molecule has 0 spiro atoms. The van der Waals surface area contributed by atoms with Crippen LogP contribution in [-0.4, -0.2) is 22.8 Å². The van der Waals surface area contributed by atoms with Crippen molar-refractivity contribution in [1.82, 2.24) is 10.3 Å². The molecular weight excluding hydrogens is 306 g/mol. The molecule has 0 fully saturated rings. The Morgan fingerprint density at radius 1 is 1.08 bits per heavy atom. The van der Waals surface area contributed by atoms with Gasteiger partial charge in [0.05, 0.1) is 6.61 Å². The summed E-state index contributed by atoms with van der Waals surface area (Å²) in [5.74, 6) is 0.799. The number of amides is 1. The van der Waals surface area contributed by atoms with Gasteiger partial charge in [-0.3, -0.25) is 4.79 Å². The molecule has 2 aromatic carbocycles. The number of benzene rings is 2. The standard InChI is InChI=1S/C18H17N3O3/c1-2-12-23-15-10-8-13(9-11-15)16-17(21-24-20-16)19-18(22)14-6-4-3-5-7-14/h3-11H,2,12H2,1H3,(H,19,21,22). The van der Waals surface area contributed by atoms with Crippen LogP contribution in [0.2, 0.25) is 0 Å². The normalized spacial score (nSPS) is 10.4. The van der Waals surface area contributed by atoms with Gasteiger partial charge in [-0.05, 0) is 53.1 Å². The predicted molar refractivity (Wildman–Crippen MR) is 89.9 cm³/mol. The second-order valence-corrected chi connectivity index (χ2v) is 5.15. The summed E-state index contributed by atoms with van der Waals surface area (Å²) in [6.45, 7) is 2.72. The van der Waals surface area contributed by atoms with Crippen molar-refractivity contribution in [2.75, 3.05) is 11.9 Å². The van der Waals surface area contributed by atoms with E-state index in [9.17, 15) is 4.79 Å². The molecule has 3 aromatic rings. The minimum atomic E-state index is -0.268. The van der Waals surface area contributed by atoms with Crippen molar-refractivity contribution in [3.05, 3.63) is 60.2 Å². The average molecular weight is 323 g/mol. The molecule has 1 heterocycles. The minimum absolute atomic E-state index is 0.268. The summed E-state index contributed by atoms with van der Waals surface area (Å²) in [6, 6.07) is 16.3. The fourth-order valence-electron chi connectivity index (χ4n) is 2.16. The maximum Gasteiger partial charge on any atom is 0.256 e. The van der Waals surface area contributed by atoms with Crippen LogP contribution in [0.1, 0.15) is 23.7 Å². The number of anilines is 1. The molecule has 0 atom stereocenters. The Balaban J connectivity index is 1.76. The van der Waals surface area contributed by atoms with Crippen molar-refractivity contribution in [3.8, 4) is 17.0 Å². The van der Waals surface area contributed by atoms with E-state index in [4.69, 9.17) is 9.37 Å². The van der Waals surface area contributed by atoms with E-state index < -0.39 is 0 Å². The Hall–Kier alpha value is -3.15. The summed E-state index contributed by atoms with van der Waals surface area (Å²) in [6.07, 6.45) is 0.949. The molecule has 122 valence electrons. The van der Waals surface area contributed by atoms with Gasteiger partial charge >= 0.3 is 0 Å². The van der Waals surface area contributed by atoms with E-state index in [2.05, 4.69) is 22.6 Å². The van der Waals surface area contributed by atoms with Gasteiger partial charge in [-0.2, -0.15) is 0 Å². The van der Waals surface area contributed by atoms with Gasteiger partial charge in [-0.25, -0.2) is 4.63 Å². The van der Waals surface area contributed by atoms with Crippen LogP contribution in [0.4, 0.5) is 5.82 Å². The molecule has 0 saturated heterocycles. The molecule has 1 aromatic heterocycles. The highest BCUT2D eigenvalue weighted by atomic mass is 16.6. The first kappa shape index (κ1) is 15.7. The van der Waals surface area contributed by atoms with E-state index in [1.165, 1.54) is 0 Å². The summed E-state index contributed by atoms with van der Waals surface area (Å²) < 4.78 is 10.3. The van der Waals surface area contributed by atoms with Gasteiger partial charge in [0, 0.05) is 11.1 Å². The molecule has 0 bridgehead atoms. The topological polar surface area (TPSA) is 77.2 Å². The molecule has 3 rings (SSSR count). The van der Waals surface area contributed by atoms with Crippen LogP contribution in [0.5, 0.6) is 5.75 Å². The van der Waals surface area contributed by atoms with E-state index in [0.29, 0.717) is 17.9 Å². The minimum Gasteiger partial charge on any atom is -0.494 e. The zero-order valence-electron chi connectivity index (χ0n) is 13.2. The van der Waals surface area contributed by atoms with Crippen molar-refractivity contribution in [2.24, 2.45) is 0 Å². The summed E-state index contributed by atoms with van der Waals surface area (Å²) in [5, 5.41) is 10.4. The number of carbonyl (C=O) groups is 1. The molecule has 1 amide bonds. The number of aromatic nitrogens is 2. The highest BCUT2D eigenvalue weighted by molar-refractivity contribution is 6.05. The fraction of sp³-hybridized carbons (Fsp3) is 0.167. The molecule has 6 heteroatoms. The van der Waals surface area contributed by atoms with Crippen molar-refractivity contribution >= 4 is 11.7 Å². The van der Waals surface area contributed by atoms with E-state index in [1.807, 2.05) is 30.3 Å². The molecule has 0 radical (unpaired) electrons. The monoisotopic (exact) mass is 323 g/mol. The summed E-state index contributed by atoms with van der Waals surface area (Å²) >= 11 is 0. The second kappa shape index (κ2) is 7.41. The number of carbonyl (C=O) groups excluding carboxylic acids is 1. The first-order chi connectivity index (χ1) is 11.8. The Morgan fingerprint density at radius 3 is 2.54 bits per heavy atom. The zero-order chi connectivity index (χ0) is 16.8. The lowest BCUT2D eigenvalue weighted by Gasteiger charge is -2.06. The lowest BCUT2D eigenvalue weighted by Crippen LogP contribution is -2.12. The van der Waals surface area contributed by atoms with Crippen LogP contribution in [0, 0.1) is 0 Å². The van der Waals surface area contributed by atoms with Gasteiger partial charge in [-0.15, -0.1) is 0 Å². The van der Waals surface area contributed by atoms with E-state index >= 15 is 0 Å². The number of ether oxygens (including phenoxy) is 1. The SMILES string of the molecule is CCCOc1ccc(-c2nonc2NC(=O)c2ccccc2)cc1. The van der Waals surface area contributed by atoms with E-state index in [-0.39, 0.29) is 11.7 Å². The third-order valence-electron chi connectivity index (χ3n) is 3.36. The third kappa shape index (κ3) is 3.60. The van der Waals surface area contributed by atoms with Crippen LogP contribution < -0.4 is 10.1 Å². The van der Waals surface area contributed by atoms with Gasteiger partial charge in [-0.1, -0.05) is 25.1 Å². The number of nitrogens with one attached hydrogen (secondary N) is 1. The molecule has 0 unspecified atom stereocenters. The molecule has 0 aliphatic heterocycles. The number of hydrogen-bond donors (Lipinski definition) is 1. The van der Waals surface area contributed by atoms with Crippen LogP contribution in [0.25, 0.3) is 11.3 Å². The quantitative estimate of drug-likeness (QED) is 0.747. The molecule has 24 heavy (non-hydrogen) atoms. The lowest BCUT2D eigenvalue weighted by atomic mass is 10.1. The maximum atomic E-state index is 12.2. The maximum absolute atomic E-state index is 12.2. The third-order valence-corrected chi connectivity index (χ3v) is 3.36. The van der Waals surface area contributed by atoms with Crippen molar-refractivity contribution in [3.63, 3.8) is 0 Å². The summed E-state index contributed by atoms with van der Waals surface area (Å²) in [7, 11) is 0. The van der Waals surface area contributed by atoms with Crippen LogP contribution in [0.3, 0.4) is 0 Å². The Kier molecular flexibility index (Phi) is 4.86. The first-order valence-electron chi connectivity index (χ1n) is 7.70. The number of hydrogen-bond acceptors (Lipinski definition) is 5. The highest BCUT2D eigenvalue weighted by Gasteiger charge is 2.16. The molecule has 0 aliphatic carbocycles. The largest absolute Gasteiger partial charge is 0.494 e. The van der Waals surface area contributed by atoms with Gasteiger partial charge in [0.15, 0.2) is 5.69 Å². The fourth-order valence-corrected chi connectivity index (χ4v) is 2.16. The smallest absolute Gasteiger partial charge is 0.256 e. The molecule has 1 N–H and O–H groups in total. The Bertz CT molecular complexity index is 798. The van der Waals surface area contributed by atoms with Crippen molar-refractivity contribution in [1.29, 1.82) is 0 Å². The van der Waals surface area contributed by atoms with Gasteiger partial charge < -0.3 is 10.1 Å². The first-order valence-corrected chi connectivity index (χ1v) is 7.70. The van der Waals surface area contributed by atoms with Gasteiger partial charge in [0.1, 0.15) is 5.75 Å². The van der Waals surface area contributed by atoms with Crippen LogP contribution in [0.15, 0.2) is 59.2 Å². The number of rotatable bonds is 6. The van der Waals surface area contributed by atoms with Crippen molar-refractivity contribution < 1.29 is 14.2 Å².